The van der Waals surface area contributed by atoms with Crippen LogP contribution in [0, 0.1) is 0 Å². The monoisotopic (exact) mass is 280 g/mol. The van der Waals surface area contributed by atoms with Gasteiger partial charge in [-0.05, 0) is 33.7 Å². The molecule has 0 aromatic carbocycles. The van der Waals surface area contributed by atoms with Crippen molar-refractivity contribution in [3.8, 4) is 0 Å². The SMILES string of the molecule is CC(C)(C)NCCC=CCc1nc(C(C)(C)C)cs1. The molecule has 0 spiro atoms. The molecule has 1 rings (SSSR count). The molecule has 0 radical (unpaired) electrons. The molecule has 0 saturated carbocycles. The first kappa shape index (κ1) is 16.4. The highest BCUT2D eigenvalue weighted by atomic mass is 32.1. The van der Waals surface area contributed by atoms with Gasteiger partial charge in [-0.1, -0.05) is 32.9 Å². The van der Waals surface area contributed by atoms with E-state index in [1.165, 1.54) is 10.7 Å². The summed E-state index contributed by atoms with van der Waals surface area (Å²) in [6.45, 7) is 14.2. The molecule has 1 aromatic heterocycles. The van der Waals surface area contributed by atoms with Gasteiger partial charge in [-0.15, -0.1) is 11.3 Å². The Morgan fingerprint density at radius 1 is 1.16 bits per heavy atom. The first-order chi connectivity index (χ1) is 8.68. The topological polar surface area (TPSA) is 24.9 Å². The summed E-state index contributed by atoms with van der Waals surface area (Å²) in [5, 5.41) is 6.88. The lowest BCUT2D eigenvalue weighted by molar-refractivity contribution is 0.431. The zero-order valence-corrected chi connectivity index (χ0v) is 14.0. The Morgan fingerprint density at radius 3 is 2.37 bits per heavy atom. The van der Waals surface area contributed by atoms with E-state index in [0.717, 1.165) is 19.4 Å². The van der Waals surface area contributed by atoms with Gasteiger partial charge in [0.1, 0.15) is 0 Å². The van der Waals surface area contributed by atoms with Crippen molar-refractivity contribution in [3.63, 3.8) is 0 Å². The minimum Gasteiger partial charge on any atom is -0.312 e. The van der Waals surface area contributed by atoms with E-state index >= 15 is 0 Å². The number of allylic oxidation sites excluding steroid dienone is 1. The molecule has 0 saturated heterocycles. The first-order valence-corrected chi connectivity index (χ1v) is 7.91. The Morgan fingerprint density at radius 2 is 1.84 bits per heavy atom. The zero-order valence-electron chi connectivity index (χ0n) is 13.2. The van der Waals surface area contributed by atoms with Crippen molar-refractivity contribution in [2.75, 3.05) is 6.54 Å². The molecule has 2 nitrogen and oxygen atoms in total. The third-order valence-corrected chi connectivity index (χ3v) is 3.62. The summed E-state index contributed by atoms with van der Waals surface area (Å²) in [6.07, 6.45) is 6.51. The van der Waals surface area contributed by atoms with Crippen molar-refractivity contribution >= 4 is 11.3 Å². The summed E-state index contributed by atoms with van der Waals surface area (Å²) >= 11 is 1.77. The van der Waals surface area contributed by atoms with Crippen molar-refractivity contribution in [1.82, 2.24) is 10.3 Å². The molecule has 0 bridgehead atoms. The van der Waals surface area contributed by atoms with Crippen LogP contribution in [-0.2, 0) is 11.8 Å². The summed E-state index contributed by atoms with van der Waals surface area (Å²) in [5.74, 6) is 0. The van der Waals surface area contributed by atoms with Crippen LogP contribution in [-0.4, -0.2) is 17.1 Å². The molecule has 0 aliphatic heterocycles. The number of nitrogens with zero attached hydrogens (tertiary/aromatic N) is 1. The molecule has 108 valence electrons. The van der Waals surface area contributed by atoms with Crippen LogP contribution in [0.2, 0.25) is 0 Å². The van der Waals surface area contributed by atoms with Crippen LogP contribution in [0.3, 0.4) is 0 Å². The van der Waals surface area contributed by atoms with E-state index < -0.39 is 0 Å². The molecule has 0 aliphatic carbocycles. The molecule has 1 aromatic rings. The van der Waals surface area contributed by atoms with Crippen molar-refractivity contribution in [2.24, 2.45) is 0 Å². The average molecular weight is 280 g/mol. The normalized spacial score (nSPS) is 13.4. The number of nitrogens with one attached hydrogen (secondary N) is 1. The van der Waals surface area contributed by atoms with Crippen LogP contribution in [0.4, 0.5) is 0 Å². The molecule has 0 fully saturated rings. The summed E-state index contributed by atoms with van der Waals surface area (Å²) in [6, 6.07) is 0. The van der Waals surface area contributed by atoms with Gasteiger partial charge in [0, 0.05) is 22.8 Å². The van der Waals surface area contributed by atoms with Crippen LogP contribution < -0.4 is 5.32 Å². The van der Waals surface area contributed by atoms with Crippen molar-refractivity contribution in [1.29, 1.82) is 0 Å². The quantitative estimate of drug-likeness (QED) is 0.642. The van der Waals surface area contributed by atoms with Crippen molar-refractivity contribution in [3.05, 3.63) is 28.2 Å². The van der Waals surface area contributed by atoms with E-state index in [4.69, 9.17) is 4.98 Å². The lowest BCUT2D eigenvalue weighted by Gasteiger charge is -2.19. The number of rotatable bonds is 5. The molecule has 0 unspecified atom stereocenters. The standard InChI is InChI=1S/C16H28N2S/c1-15(2,3)13-12-19-14(18-13)10-8-7-9-11-17-16(4,5)6/h7-8,12,17H,9-11H2,1-6H3. The predicted molar refractivity (Wildman–Crippen MR) is 86.0 cm³/mol. The second-order valence-electron chi connectivity index (χ2n) is 7.02. The number of aromatic nitrogens is 1. The van der Waals surface area contributed by atoms with Crippen LogP contribution in [0.25, 0.3) is 0 Å². The summed E-state index contributed by atoms with van der Waals surface area (Å²) in [7, 11) is 0. The number of hydrogen-bond acceptors (Lipinski definition) is 3. The highest BCUT2D eigenvalue weighted by molar-refractivity contribution is 7.09. The van der Waals surface area contributed by atoms with Gasteiger partial charge in [-0.25, -0.2) is 4.98 Å². The molecule has 1 N–H and O–H groups in total. The van der Waals surface area contributed by atoms with Crippen LogP contribution in [0.1, 0.15) is 58.7 Å². The fourth-order valence-corrected chi connectivity index (χ4v) is 2.58. The van der Waals surface area contributed by atoms with Gasteiger partial charge < -0.3 is 5.32 Å². The Balaban J connectivity index is 2.31. The Hall–Kier alpha value is -0.670. The molecule has 0 amide bonds. The molecular weight excluding hydrogens is 252 g/mol. The highest BCUT2D eigenvalue weighted by Gasteiger charge is 2.16. The smallest absolute Gasteiger partial charge is 0.0966 e. The maximum absolute atomic E-state index is 4.69. The average Bonchev–Trinajstić information content (AvgIpc) is 2.69. The minimum atomic E-state index is 0.162. The van der Waals surface area contributed by atoms with E-state index in [0.29, 0.717) is 0 Å². The van der Waals surface area contributed by atoms with Gasteiger partial charge in [-0.2, -0.15) is 0 Å². The molecule has 19 heavy (non-hydrogen) atoms. The third kappa shape index (κ3) is 6.88. The Bertz CT molecular complexity index is 405. The van der Waals surface area contributed by atoms with Gasteiger partial charge in [0.25, 0.3) is 0 Å². The maximum atomic E-state index is 4.69. The molecule has 0 aliphatic rings. The van der Waals surface area contributed by atoms with Crippen LogP contribution in [0.5, 0.6) is 0 Å². The van der Waals surface area contributed by atoms with Gasteiger partial charge in [0.15, 0.2) is 0 Å². The van der Waals surface area contributed by atoms with Crippen molar-refractivity contribution in [2.45, 2.75) is 65.3 Å². The van der Waals surface area contributed by atoms with E-state index in [1.54, 1.807) is 11.3 Å². The largest absolute Gasteiger partial charge is 0.312 e. The van der Waals surface area contributed by atoms with E-state index in [2.05, 4.69) is 64.4 Å². The summed E-state index contributed by atoms with van der Waals surface area (Å²) in [5.41, 5.74) is 1.58. The molecular formula is C16H28N2S. The number of hydrogen-bond donors (Lipinski definition) is 1. The lowest BCUT2D eigenvalue weighted by atomic mass is 9.93. The second kappa shape index (κ2) is 6.67. The third-order valence-electron chi connectivity index (χ3n) is 2.75. The Kier molecular flexibility index (Phi) is 5.75. The van der Waals surface area contributed by atoms with Gasteiger partial charge in [0.2, 0.25) is 0 Å². The van der Waals surface area contributed by atoms with E-state index in [1.807, 2.05) is 0 Å². The fraction of sp³-hybridized carbons (Fsp3) is 0.688. The van der Waals surface area contributed by atoms with E-state index in [9.17, 15) is 0 Å². The molecule has 0 atom stereocenters. The lowest BCUT2D eigenvalue weighted by Crippen LogP contribution is -2.36. The first-order valence-electron chi connectivity index (χ1n) is 7.03. The highest BCUT2D eigenvalue weighted by Crippen LogP contribution is 2.24. The molecule has 3 heteroatoms. The number of thiazole rings is 1. The maximum Gasteiger partial charge on any atom is 0.0966 e. The summed E-state index contributed by atoms with van der Waals surface area (Å²) in [4.78, 5) is 4.69. The fourth-order valence-electron chi connectivity index (χ4n) is 1.58. The van der Waals surface area contributed by atoms with Gasteiger partial charge in [0.05, 0.1) is 10.7 Å². The van der Waals surface area contributed by atoms with Crippen molar-refractivity contribution < 1.29 is 0 Å². The second-order valence-corrected chi connectivity index (χ2v) is 7.96. The Labute approximate surface area is 122 Å². The summed E-state index contributed by atoms with van der Waals surface area (Å²) < 4.78 is 0. The predicted octanol–water partition coefficient (Wildman–Crippen LogP) is 4.32. The van der Waals surface area contributed by atoms with Gasteiger partial charge in [-0.3, -0.25) is 0 Å². The van der Waals surface area contributed by atoms with Crippen LogP contribution >= 0.6 is 11.3 Å². The minimum absolute atomic E-state index is 0.162. The zero-order chi connectivity index (χ0) is 14.5. The van der Waals surface area contributed by atoms with Crippen LogP contribution in [0.15, 0.2) is 17.5 Å². The van der Waals surface area contributed by atoms with E-state index in [-0.39, 0.29) is 11.0 Å². The van der Waals surface area contributed by atoms with Gasteiger partial charge >= 0.3 is 0 Å². The molecule has 1 heterocycles.